The molecular formula is C28H29F4N9O. The van der Waals surface area contributed by atoms with Crippen molar-refractivity contribution in [2.45, 2.75) is 75.5 Å². The van der Waals surface area contributed by atoms with Crippen LogP contribution in [0.3, 0.4) is 0 Å². The SMILES string of the molecule is CC(C)(F)c1cc(OC2CCC(N3CC(CC#N)(n4cc(-c5ncnc6[nH]ccc56)cn4)C3)CC2)nc(C(F)(F)F)n1. The summed E-state index contributed by atoms with van der Waals surface area (Å²) in [7, 11) is 0. The highest BCUT2D eigenvalue weighted by molar-refractivity contribution is 5.90. The number of hydrogen-bond donors (Lipinski definition) is 1. The van der Waals surface area contributed by atoms with Gasteiger partial charge >= 0.3 is 6.18 Å². The summed E-state index contributed by atoms with van der Waals surface area (Å²) in [6.07, 6.45) is 4.89. The van der Waals surface area contributed by atoms with Gasteiger partial charge in [-0.05, 0) is 45.6 Å². The van der Waals surface area contributed by atoms with E-state index in [1.807, 2.05) is 23.1 Å². The Bertz CT molecular complexity index is 1590. The number of fused-ring (bicyclic) bond motifs is 1. The highest BCUT2D eigenvalue weighted by atomic mass is 19.4. The largest absolute Gasteiger partial charge is 0.474 e. The first-order valence-corrected chi connectivity index (χ1v) is 13.7. The summed E-state index contributed by atoms with van der Waals surface area (Å²) in [5.41, 5.74) is -0.571. The van der Waals surface area contributed by atoms with E-state index in [0.717, 1.165) is 55.0 Å². The van der Waals surface area contributed by atoms with E-state index in [4.69, 9.17) is 4.74 Å². The number of nitriles is 1. The minimum Gasteiger partial charge on any atom is -0.474 e. The van der Waals surface area contributed by atoms with Crippen molar-refractivity contribution in [3.05, 3.63) is 48.6 Å². The van der Waals surface area contributed by atoms with Crippen molar-refractivity contribution < 1.29 is 22.3 Å². The molecular weight excluding hydrogens is 554 g/mol. The third-order valence-corrected chi connectivity index (χ3v) is 8.11. The second kappa shape index (κ2) is 10.3. The molecule has 1 saturated heterocycles. The molecule has 10 nitrogen and oxygen atoms in total. The molecule has 1 N–H and O–H groups in total. The molecule has 5 heterocycles. The fourth-order valence-corrected chi connectivity index (χ4v) is 5.88. The van der Waals surface area contributed by atoms with Gasteiger partial charge in [0.1, 0.15) is 29.3 Å². The Hall–Kier alpha value is -4.12. The molecule has 14 heteroatoms. The molecule has 4 aromatic heterocycles. The van der Waals surface area contributed by atoms with Crippen LogP contribution in [0.15, 0.2) is 37.1 Å². The molecule has 0 amide bonds. The zero-order valence-electron chi connectivity index (χ0n) is 23.1. The fraction of sp³-hybridized carbons (Fsp3) is 0.500. The van der Waals surface area contributed by atoms with Gasteiger partial charge in [-0.3, -0.25) is 9.58 Å². The molecule has 4 aromatic rings. The third-order valence-electron chi connectivity index (χ3n) is 8.11. The summed E-state index contributed by atoms with van der Waals surface area (Å²) in [4.78, 5) is 21.0. The first kappa shape index (κ1) is 28.0. The van der Waals surface area contributed by atoms with Gasteiger partial charge in [-0.15, -0.1) is 0 Å². The first-order chi connectivity index (χ1) is 19.9. The monoisotopic (exact) mass is 583 g/mol. The van der Waals surface area contributed by atoms with E-state index in [1.54, 1.807) is 6.20 Å². The number of alkyl halides is 4. The molecule has 220 valence electrons. The second-order valence-corrected chi connectivity index (χ2v) is 11.5. The number of rotatable bonds is 7. The van der Waals surface area contributed by atoms with Crippen molar-refractivity contribution in [1.29, 1.82) is 5.26 Å². The Morgan fingerprint density at radius 3 is 2.57 bits per heavy atom. The van der Waals surface area contributed by atoms with Crippen molar-refractivity contribution in [1.82, 2.24) is 39.6 Å². The van der Waals surface area contributed by atoms with E-state index in [9.17, 15) is 22.8 Å². The van der Waals surface area contributed by atoms with Crippen LogP contribution in [-0.2, 0) is 17.4 Å². The topological polar surface area (TPSA) is 121 Å². The normalized spacial score (nSPS) is 21.2. The van der Waals surface area contributed by atoms with Gasteiger partial charge in [0, 0.05) is 48.5 Å². The lowest BCUT2D eigenvalue weighted by molar-refractivity contribution is -0.145. The van der Waals surface area contributed by atoms with E-state index in [2.05, 4.69) is 41.0 Å². The number of hydrogen-bond acceptors (Lipinski definition) is 8. The van der Waals surface area contributed by atoms with E-state index >= 15 is 0 Å². The van der Waals surface area contributed by atoms with Crippen LogP contribution in [0.1, 0.15) is 57.5 Å². The van der Waals surface area contributed by atoms with Crippen molar-refractivity contribution in [2.75, 3.05) is 13.1 Å². The average Bonchev–Trinajstić information content (AvgIpc) is 3.60. The smallest absolute Gasteiger partial charge is 0.451 e. The van der Waals surface area contributed by atoms with Crippen LogP contribution >= 0.6 is 0 Å². The van der Waals surface area contributed by atoms with Gasteiger partial charge in [-0.1, -0.05) is 0 Å². The molecule has 2 fully saturated rings. The maximum Gasteiger partial charge on any atom is 0.451 e. The fourth-order valence-electron chi connectivity index (χ4n) is 5.88. The number of nitrogens with zero attached hydrogens (tertiary/aromatic N) is 8. The van der Waals surface area contributed by atoms with Crippen LogP contribution < -0.4 is 4.74 Å². The van der Waals surface area contributed by atoms with Gasteiger partial charge in [0.25, 0.3) is 0 Å². The molecule has 0 aromatic carbocycles. The summed E-state index contributed by atoms with van der Waals surface area (Å²) >= 11 is 0. The lowest BCUT2D eigenvalue weighted by Gasteiger charge is -2.53. The number of halogens is 4. The molecule has 0 bridgehead atoms. The molecule has 0 atom stereocenters. The minimum absolute atomic E-state index is 0.240. The van der Waals surface area contributed by atoms with E-state index < -0.39 is 23.2 Å². The highest BCUT2D eigenvalue weighted by Crippen LogP contribution is 2.39. The van der Waals surface area contributed by atoms with Crippen LogP contribution in [0.5, 0.6) is 5.88 Å². The molecule has 0 radical (unpaired) electrons. The summed E-state index contributed by atoms with van der Waals surface area (Å²) < 4.78 is 62.2. The summed E-state index contributed by atoms with van der Waals surface area (Å²) in [5.74, 6) is -1.68. The van der Waals surface area contributed by atoms with Crippen LogP contribution in [-0.4, -0.2) is 64.8 Å². The van der Waals surface area contributed by atoms with E-state index in [0.29, 0.717) is 32.4 Å². The van der Waals surface area contributed by atoms with Gasteiger partial charge in [-0.25, -0.2) is 19.3 Å². The van der Waals surface area contributed by atoms with Gasteiger partial charge < -0.3 is 9.72 Å². The number of H-pyrrole nitrogens is 1. The molecule has 1 aliphatic carbocycles. The van der Waals surface area contributed by atoms with Gasteiger partial charge in [0.05, 0.1) is 30.1 Å². The van der Waals surface area contributed by atoms with Gasteiger partial charge in [-0.2, -0.15) is 28.5 Å². The van der Waals surface area contributed by atoms with E-state index in [1.165, 1.54) is 6.33 Å². The first-order valence-electron chi connectivity index (χ1n) is 13.7. The van der Waals surface area contributed by atoms with Crippen LogP contribution in [0.25, 0.3) is 22.3 Å². The molecule has 6 rings (SSSR count). The molecule has 1 saturated carbocycles. The molecule has 42 heavy (non-hydrogen) atoms. The van der Waals surface area contributed by atoms with Crippen molar-refractivity contribution >= 4 is 11.0 Å². The van der Waals surface area contributed by atoms with Crippen LogP contribution in [0.2, 0.25) is 0 Å². The molecule has 2 aliphatic rings. The summed E-state index contributed by atoms with van der Waals surface area (Å²) in [5, 5.41) is 15.1. The number of nitrogens with one attached hydrogen (secondary N) is 1. The Morgan fingerprint density at radius 1 is 1.12 bits per heavy atom. The van der Waals surface area contributed by atoms with Crippen molar-refractivity contribution in [3.8, 4) is 23.2 Å². The average molecular weight is 584 g/mol. The number of ether oxygens (including phenoxy) is 1. The van der Waals surface area contributed by atoms with Crippen molar-refractivity contribution in [3.63, 3.8) is 0 Å². The van der Waals surface area contributed by atoms with Crippen molar-refractivity contribution in [2.24, 2.45) is 0 Å². The number of aromatic nitrogens is 7. The Morgan fingerprint density at radius 2 is 1.88 bits per heavy atom. The standard InChI is InChI=1S/C28H29F4N9O/c1-26(2,29)21-11-22(39-25(38-21)28(30,31)32)42-19-5-3-18(4-6-19)40-14-27(15-40,8-9-33)41-13-17(12-37-41)23-20-7-10-34-24(20)36-16-35-23/h7,10-13,16,18-19H,3-6,8,14-15H2,1-2H3,(H,34,35,36). The van der Waals surface area contributed by atoms with Gasteiger partial charge in [0.15, 0.2) is 0 Å². The maximum atomic E-state index is 14.5. The summed E-state index contributed by atoms with van der Waals surface area (Å²) in [6, 6.07) is 5.62. The molecule has 1 aliphatic heterocycles. The summed E-state index contributed by atoms with van der Waals surface area (Å²) in [6.45, 7) is 3.59. The minimum atomic E-state index is -4.82. The zero-order valence-corrected chi connectivity index (χ0v) is 23.1. The lowest BCUT2D eigenvalue weighted by atomic mass is 9.82. The third kappa shape index (κ3) is 5.29. The predicted octanol–water partition coefficient (Wildman–Crippen LogP) is 5.15. The lowest BCUT2D eigenvalue weighted by Crippen LogP contribution is -2.65. The van der Waals surface area contributed by atoms with Crippen LogP contribution in [0, 0.1) is 11.3 Å². The Kier molecular flexibility index (Phi) is 6.87. The molecule has 0 spiro atoms. The van der Waals surface area contributed by atoms with E-state index in [-0.39, 0.29) is 23.7 Å². The Balaban J connectivity index is 1.10. The number of aromatic amines is 1. The van der Waals surface area contributed by atoms with Crippen LogP contribution in [0.4, 0.5) is 17.6 Å². The highest BCUT2D eigenvalue weighted by Gasteiger charge is 2.48. The maximum absolute atomic E-state index is 14.5. The quantitative estimate of drug-likeness (QED) is 0.297. The Labute approximate surface area is 238 Å². The molecule has 0 unspecified atom stereocenters. The number of likely N-dealkylation sites (tertiary alicyclic amines) is 1. The predicted molar refractivity (Wildman–Crippen MR) is 143 cm³/mol. The van der Waals surface area contributed by atoms with Gasteiger partial charge in [0.2, 0.25) is 11.7 Å². The zero-order chi connectivity index (χ0) is 29.7. The second-order valence-electron chi connectivity index (χ2n) is 11.5.